The lowest BCUT2D eigenvalue weighted by atomic mass is 10.2. The number of ether oxygens (including phenoxy) is 1. The lowest BCUT2D eigenvalue weighted by Gasteiger charge is -2.09. The number of nitrogen functional groups attached to an aromatic ring is 1. The summed E-state index contributed by atoms with van der Waals surface area (Å²) in [6.45, 7) is 0. The van der Waals surface area contributed by atoms with Crippen LogP contribution in [0.5, 0.6) is 11.6 Å². The van der Waals surface area contributed by atoms with E-state index in [1.54, 1.807) is 19.3 Å². The smallest absolute Gasteiger partial charge is 0.226 e. The van der Waals surface area contributed by atoms with E-state index >= 15 is 0 Å². The number of aromatic nitrogens is 3. The molecule has 20 heavy (non-hydrogen) atoms. The number of nitrogens with two attached hydrogens (primary N) is 1. The third kappa shape index (κ3) is 2.31. The van der Waals surface area contributed by atoms with Gasteiger partial charge >= 0.3 is 0 Å². The first kappa shape index (κ1) is 12.2. The van der Waals surface area contributed by atoms with Crippen molar-refractivity contribution in [1.29, 1.82) is 0 Å². The molecule has 3 aromatic rings. The van der Waals surface area contributed by atoms with Crippen molar-refractivity contribution >= 4 is 22.7 Å². The van der Waals surface area contributed by atoms with Crippen molar-refractivity contribution in [3.63, 3.8) is 0 Å². The molecule has 0 radical (unpaired) electrons. The summed E-state index contributed by atoms with van der Waals surface area (Å²) in [6, 6.07) is 11.2. The van der Waals surface area contributed by atoms with Crippen molar-refractivity contribution in [3.8, 4) is 11.6 Å². The van der Waals surface area contributed by atoms with Crippen LogP contribution in [0.2, 0.25) is 0 Å². The van der Waals surface area contributed by atoms with Gasteiger partial charge < -0.3 is 15.8 Å². The van der Waals surface area contributed by atoms with Crippen LogP contribution < -0.4 is 15.8 Å². The Kier molecular flexibility index (Phi) is 3.04. The molecule has 2 aromatic heterocycles. The van der Waals surface area contributed by atoms with Crippen LogP contribution in [0.1, 0.15) is 0 Å². The summed E-state index contributed by atoms with van der Waals surface area (Å²) in [6.07, 6.45) is 1.74. The highest BCUT2D eigenvalue weighted by Crippen LogP contribution is 2.28. The van der Waals surface area contributed by atoms with E-state index in [-0.39, 0.29) is 5.95 Å². The first-order valence-electron chi connectivity index (χ1n) is 6.10. The van der Waals surface area contributed by atoms with Gasteiger partial charge in [-0.2, -0.15) is 9.97 Å². The summed E-state index contributed by atoms with van der Waals surface area (Å²) in [5, 5.41) is 3.82. The molecule has 0 aliphatic carbocycles. The number of hydrogen-bond acceptors (Lipinski definition) is 6. The van der Waals surface area contributed by atoms with Crippen LogP contribution in [-0.2, 0) is 0 Å². The van der Waals surface area contributed by atoms with Gasteiger partial charge in [0.15, 0.2) is 0 Å². The van der Waals surface area contributed by atoms with Gasteiger partial charge in [-0.25, -0.2) is 0 Å². The number of fused-ring (bicyclic) bond motifs is 1. The summed E-state index contributed by atoms with van der Waals surface area (Å²) in [5.41, 5.74) is 6.51. The maximum Gasteiger partial charge on any atom is 0.226 e. The van der Waals surface area contributed by atoms with Crippen molar-refractivity contribution in [2.45, 2.75) is 0 Å². The van der Waals surface area contributed by atoms with E-state index in [9.17, 15) is 0 Å². The fourth-order valence-corrected chi connectivity index (χ4v) is 1.90. The molecule has 0 spiro atoms. The maximum atomic E-state index is 5.80. The number of rotatable bonds is 3. The van der Waals surface area contributed by atoms with E-state index in [1.807, 2.05) is 30.3 Å². The Morgan fingerprint density at radius 1 is 1.15 bits per heavy atom. The van der Waals surface area contributed by atoms with Gasteiger partial charge in [0.25, 0.3) is 0 Å². The van der Waals surface area contributed by atoms with Gasteiger partial charge in [-0.15, -0.1) is 0 Å². The van der Waals surface area contributed by atoms with Crippen LogP contribution in [0.4, 0.5) is 11.8 Å². The average molecular weight is 267 g/mol. The van der Waals surface area contributed by atoms with Crippen LogP contribution in [0.15, 0.2) is 42.6 Å². The molecule has 3 rings (SSSR count). The summed E-state index contributed by atoms with van der Waals surface area (Å²) in [7, 11) is 1.76. The minimum atomic E-state index is 0.158. The second-order valence-corrected chi connectivity index (χ2v) is 4.13. The van der Waals surface area contributed by atoms with Crippen LogP contribution in [0.3, 0.4) is 0 Å². The Hall–Kier alpha value is -2.89. The van der Waals surface area contributed by atoms with E-state index in [4.69, 9.17) is 10.5 Å². The van der Waals surface area contributed by atoms with Crippen LogP contribution in [-0.4, -0.2) is 22.0 Å². The van der Waals surface area contributed by atoms with Gasteiger partial charge in [0, 0.05) is 24.7 Å². The fraction of sp³-hybridized carbons (Fsp3) is 0.0714. The number of nitrogens with one attached hydrogen (secondary N) is 1. The van der Waals surface area contributed by atoms with Crippen molar-refractivity contribution in [1.82, 2.24) is 15.0 Å². The lowest BCUT2D eigenvalue weighted by molar-refractivity contribution is 0.468. The molecule has 6 heteroatoms. The largest absolute Gasteiger partial charge is 0.438 e. The Labute approximate surface area is 115 Å². The third-order valence-corrected chi connectivity index (χ3v) is 2.80. The highest BCUT2D eigenvalue weighted by molar-refractivity contribution is 5.85. The number of pyridine rings is 1. The van der Waals surface area contributed by atoms with E-state index < -0.39 is 0 Å². The highest BCUT2D eigenvalue weighted by atomic mass is 16.5. The Morgan fingerprint density at radius 2 is 2.05 bits per heavy atom. The van der Waals surface area contributed by atoms with Gasteiger partial charge in [0.2, 0.25) is 11.8 Å². The zero-order chi connectivity index (χ0) is 13.9. The van der Waals surface area contributed by atoms with E-state index in [0.717, 1.165) is 10.9 Å². The SMILES string of the molecule is CNc1cc(Oc2cccc3ncccc23)nc(N)n1. The summed E-state index contributed by atoms with van der Waals surface area (Å²) in [4.78, 5) is 12.4. The molecule has 6 nitrogen and oxygen atoms in total. The molecule has 0 bridgehead atoms. The number of hydrogen-bond donors (Lipinski definition) is 2. The molecule has 0 aliphatic rings. The van der Waals surface area contributed by atoms with Gasteiger partial charge in [-0.1, -0.05) is 6.07 Å². The molecule has 0 saturated carbocycles. The van der Waals surface area contributed by atoms with Gasteiger partial charge in [-0.3, -0.25) is 4.98 Å². The molecule has 0 atom stereocenters. The zero-order valence-corrected chi connectivity index (χ0v) is 10.9. The van der Waals surface area contributed by atoms with Crippen molar-refractivity contribution in [2.75, 3.05) is 18.1 Å². The van der Waals surface area contributed by atoms with Crippen molar-refractivity contribution in [3.05, 3.63) is 42.6 Å². The zero-order valence-electron chi connectivity index (χ0n) is 10.9. The van der Waals surface area contributed by atoms with Crippen LogP contribution >= 0.6 is 0 Å². The first-order valence-corrected chi connectivity index (χ1v) is 6.10. The molecule has 0 unspecified atom stereocenters. The van der Waals surface area contributed by atoms with Gasteiger partial charge in [-0.05, 0) is 24.3 Å². The molecule has 0 fully saturated rings. The fourth-order valence-electron chi connectivity index (χ4n) is 1.90. The number of benzene rings is 1. The quantitative estimate of drug-likeness (QED) is 0.758. The molecule has 0 aliphatic heterocycles. The summed E-state index contributed by atoms with van der Waals surface area (Å²) in [5.74, 6) is 1.82. The summed E-state index contributed by atoms with van der Waals surface area (Å²) < 4.78 is 5.80. The minimum Gasteiger partial charge on any atom is -0.438 e. The predicted molar refractivity (Wildman–Crippen MR) is 77.8 cm³/mol. The van der Waals surface area contributed by atoms with Gasteiger partial charge in [0.05, 0.1) is 5.52 Å². The average Bonchev–Trinajstić information content (AvgIpc) is 2.47. The predicted octanol–water partition coefficient (Wildman–Crippen LogP) is 2.44. The third-order valence-electron chi connectivity index (χ3n) is 2.80. The minimum absolute atomic E-state index is 0.158. The lowest BCUT2D eigenvalue weighted by Crippen LogP contribution is -2.01. The topological polar surface area (TPSA) is 86.0 Å². The monoisotopic (exact) mass is 267 g/mol. The second kappa shape index (κ2) is 5.00. The van der Waals surface area contributed by atoms with Gasteiger partial charge in [0.1, 0.15) is 11.6 Å². The van der Waals surface area contributed by atoms with Crippen LogP contribution in [0, 0.1) is 0 Å². The molecule has 1 aromatic carbocycles. The second-order valence-electron chi connectivity index (χ2n) is 4.13. The molecular weight excluding hydrogens is 254 g/mol. The van der Waals surface area contributed by atoms with Crippen molar-refractivity contribution in [2.24, 2.45) is 0 Å². The first-order chi connectivity index (χ1) is 9.76. The Balaban J connectivity index is 2.03. The molecule has 2 heterocycles. The maximum absolute atomic E-state index is 5.80. The summed E-state index contributed by atoms with van der Waals surface area (Å²) >= 11 is 0. The standard InChI is InChI=1S/C14H13N5O/c1-16-12-8-13(19-14(15)18-12)20-11-6-2-5-10-9(11)4-3-7-17-10/h2-8H,1H3,(H3,15,16,18,19). The van der Waals surface area contributed by atoms with E-state index in [0.29, 0.717) is 17.4 Å². The molecule has 100 valence electrons. The highest BCUT2D eigenvalue weighted by Gasteiger charge is 2.07. The molecular formula is C14H13N5O. The Morgan fingerprint density at radius 3 is 2.90 bits per heavy atom. The van der Waals surface area contributed by atoms with Crippen LogP contribution in [0.25, 0.3) is 10.9 Å². The molecule has 0 saturated heterocycles. The Bertz CT molecular complexity index is 754. The van der Waals surface area contributed by atoms with Crippen molar-refractivity contribution < 1.29 is 4.74 Å². The van der Waals surface area contributed by atoms with E-state index in [2.05, 4.69) is 20.3 Å². The number of nitrogens with zero attached hydrogens (tertiary/aromatic N) is 3. The van der Waals surface area contributed by atoms with E-state index in [1.165, 1.54) is 0 Å². The number of anilines is 2. The normalized spacial score (nSPS) is 10.4. The molecule has 3 N–H and O–H groups in total. The molecule has 0 amide bonds.